The minimum Gasteiger partial charge on any atom is -0.364 e. The zero-order valence-electron chi connectivity index (χ0n) is 22.6. The van der Waals surface area contributed by atoms with E-state index in [0.717, 1.165) is 25.9 Å². The lowest BCUT2D eigenvalue weighted by Gasteiger charge is -2.47. The summed E-state index contributed by atoms with van der Waals surface area (Å²) in [6.07, 6.45) is 3.58. The van der Waals surface area contributed by atoms with Crippen LogP contribution in [0.25, 0.3) is 22.4 Å². The first kappa shape index (κ1) is 27.4. The van der Waals surface area contributed by atoms with E-state index in [1.54, 1.807) is 43.9 Å². The van der Waals surface area contributed by atoms with Gasteiger partial charge in [0.2, 0.25) is 5.91 Å². The lowest BCUT2D eigenvalue weighted by Crippen LogP contribution is -2.56. The van der Waals surface area contributed by atoms with E-state index in [9.17, 15) is 23.6 Å². The van der Waals surface area contributed by atoms with Gasteiger partial charge in [0, 0.05) is 68.2 Å². The fourth-order valence-corrected chi connectivity index (χ4v) is 5.30. The van der Waals surface area contributed by atoms with E-state index in [1.807, 2.05) is 4.90 Å². The molecule has 0 atom stereocenters. The first-order valence-corrected chi connectivity index (χ1v) is 13.1. The molecule has 210 valence electrons. The number of primary amides is 1. The lowest BCUT2D eigenvalue weighted by molar-refractivity contribution is -0.130. The van der Waals surface area contributed by atoms with Crippen molar-refractivity contribution in [3.05, 3.63) is 42.1 Å². The average molecular weight is 552 g/mol. The maximum absolute atomic E-state index is 14.1. The number of nitriles is 1. The van der Waals surface area contributed by atoms with Gasteiger partial charge >= 0.3 is 0 Å². The second-order valence-corrected chi connectivity index (χ2v) is 10.9. The second kappa shape index (κ2) is 10.4. The Balaban J connectivity index is 1.38. The normalized spacial score (nSPS) is 17.2. The van der Waals surface area contributed by atoms with Gasteiger partial charge in [-0.05, 0) is 38.8 Å². The van der Waals surface area contributed by atoms with E-state index in [2.05, 4.69) is 26.2 Å². The number of pyridine rings is 1. The highest BCUT2D eigenvalue weighted by Gasteiger charge is 2.37. The van der Waals surface area contributed by atoms with Crippen molar-refractivity contribution < 1.29 is 18.4 Å². The Hall–Kier alpha value is -4.18. The Morgan fingerprint density at radius 3 is 2.42 bits per heavy atom. The van der Waals surface area contributed by atoms with Gasteiger partial charge in [-0.2, -0.15) is 15.5 Å². The number of hydrogen-bond acceptors (Lipinski definition) is 7. The molecule has 2 N–H and O–H groups in total. The zero-order chi connectivity index (χ0) is 28.8. The van der Waals surface area contributed by atoms with Gasteiger partial charge in [-0.25, -0.2) is 13.8 Å². The average Bonchev–Trinajstić information content (AvgIpc) is 3.57. The number of piperidine rings is 1. The first-order valence-electron chi connectivity index (χ1n) is 13.1. The minimum absolute atomic E-state index is 0.0828. The van der Waals surface area contributed by atoms with Crippen molar-refractivity contribution >= 4 is 11.8 Å². The molecule has 5 heterocycles. The van der Waals surface area contributed by atoms with Crippen LogP contribution in [0.2, 0.25) is 0 Å². The third-order valence-electron chi connectivity index (χ3n) is 7.80. The molecule has 0 unspecified atom stereocenters. The summed E-state index contributed by atoms with van der Waals surface area (Å²) in [5.74, 6) is -0.777. The molecule has 0 aliphatic carbocycles. The maximum Gasteiger partial charge on any atom is 0.282 e. The van der Waals surface area contributed by atoms with Gasteiger partial charge in [0.05, 0.1) is 24.0 Å². The van der Waals surface area contributed by atoms with Crippen LogP contribution in [-0.2, 0) is 10.3 Å². The van der Waals surface area contributed by atoms with Crippen molar-refractivity contribution in [3.8, 4) is 28.5 Å². The Bertz CT molecular complexity index is 1480. The van der Waals surface area contributed by atoms with Gasteiger partial charge in [-0.1, -0.05) is 0 Å². The number of halogens is 2. The van der Waals surface area contributed by atoms with Gasteiger partial charge in [0.1, 0.15) is 16.9 Å². The summed E-state index contributed by atoms with van der Waals surface area (Å²) in [6.45, 7) is 7.76. The minimum atomic E-state index is -2.87. The summed E-state index contributed by atoms with van der Waals surface area (Å²) in [5.41, 5.74) is 5.36. The topological polar surface area (TPSA) is 139 Å². The molecule has 40 heavy (non-hydrogen) atoms. The highest BCUT2D eigenvalue weighted by atomic mass is 19.3. The monoisotopic (exact) mass is 551 g/mol. The van der Waals surface area contributed by atoms with Gasteiger partial charge < -0.3 is 10.6 Å². The molecule has 0 radical (unpaired) electrons. The SMILES string of the molecule is CC(=O)N1CCC(N2CC(n3cc(-c4ccc(-c5cnn(C(C)(C)C#N)c5)nc4C(N)=O)c(C(F)F)n3)C2)CC1. The number of nitrogens with two attached hydrogens (primary N) is 1. The molecule has 0 saturated carbocycles. The maximum atomic E-state index is 14.1. The molecule has 2 aliphatic heterocycles. The predicted molar refractivity (Wildman–Crippen MR) is 141 cm³/mol. The molecule has 2 amide bonds. The number of alkyl halides is 2. The second-order valence-electron chi connectivity index (χ2n) is 10.9. The van der Waals surface area contributed by atoms with Crippen molar-refractivity contribution in [2.24, 2.45) is 5.73 Å². The number of carbonyl (C=O) groups is 2. The van der Waals surface area contributed by atoms with Gasteiger partial charge in [-0.15, -0.1) is 0 Å². The molecule has 0 aromatic carbocycles. The van der Waals surface area contributed by atoms with E-state index < -0.39 is 23.6 Å². The van der Waals surface area contributed by atoms with Crippen LogP contribution in [-0.4, -0.2) is 78.4 Å². The van der Waals surface area contributed by atoms with Gasteiger partial charge in [-0.3, -0.25) is 23.9 Å². The van der Waals surface area contributed by atoms with E-state index in [0.29, 0.717) is 30.4 Å². The van der Waals surface area contributed by atoms with Gasteiger partial charge in [0.25, 0.3) is 12.3 Å². The Morgan fingerprint density at radius 2 is 1.82 bits per heavy atom. The third-order valence-corrected chi connectivity index (χ3v) is 7.80. The van der Waals surface area contributed by atoms with E-state index in [4.69, 9.17) is 5.73 Å². The molecule has 2 saturated heterocycles. The smallest absolute Gasteiger partial charge is 0.282 e. The van der Waals surface area contributed by atoms with Crippen LogP contribution in [0, 0.1) is 11.3 Å². The van der Waals surface area contributed by atoms with Crippen LogP contribution in [0.15, 0.2) is 30.7 Å². The Labute approximate surface area is 230 Å². The number of nitrogens with zero attached hydrogens (tertiary/aromatic N) is 8. The van der Waals surface area contributed by atoms with Gasteiger partial charge in [0.15, 0.2) is 0 Å². The number of aromatic nitrogens is 5. The van der Waals surface area contributed by atoms with E-state index in [1.165, 1.54) is 16.9 Å². The molecule has 2 aliphatic rings. The summed E-state index contributed by atoms with van der Waals surface area (Å²) in [6, 6.07) is 5.56. The number of carbonyl (C=O) groups excluding carboxylic acids is 2. The Kier molecular flexibility index (Phi) is 7.14. The van der Waals surface area contributed by atoms with Crippen molar-refractivity contribution in [1.29, 1.82) is 5.26 Å². The number of rotatable bonds is 7. The number of likely N-dealkylation sites (tertiary alicyclic amines) is 2. The zero-order valence-corrected chi connectivity index (χ0v) is 22.6. The highest BCUT2D eigenvalue weighted by molar-refractivity contribution is 5.98. The molecule has 3 aromatic rings. The fraction of sp³-hybridized carbons (Fsp3) is 0.481. The molecule has 11 nitrogen and oxygen atoms in total. The summed E-state index contributed by atoms with van der Waals surface area (Å²) in [5, 5.41) is 17.8. The molecular weight excluding hydrogens is 520 g/mol. The molecule has 3 aromatic heterocycles. The molecule has 2 fully saturated rings. The lowest BCUT2D eigenvalue weighted by atomic mass is 9.97. The molecular formula is C27H31F2N9O2. The summed E-state index contributed by atoms with van der Waals surface area (Å²) in [7, 11) is 0. The van der Waals surface area contributed by atoms with Crippen LogP contribution < -0.4 is 5.73 Å². The predicted octanol–water partition coefficient (Wildman–Crippen LogP) is 2.97. The van der Waals surface area contributed by atoms with Crippen molar-refractivity contribution in [1.82, 2.24) is 34.3 Å². The Morgan fingerprint density at radius 1 is 1.12 bits per heavy atom. The fourth-order valence-electron chi connectivity index (χ4n) is 5.30. The first-order chi connectivity index (χ1) is 19.0. The highest BCUT2D eigenvalue weighted by Crippen LogP contribution is 2.36. The third kappa shape index (κ3) is 5.06. The summed E-state index contributed by atoms with van der Waals surface area (Å²) < 4.78 is 31.3. The standard InChI is InChI=1S/C27H31F2N9O2/c1-16(39)35-8-6-18(7-9-35)36-12-19(13-36)37-14-21(23(34-37)25(28)29)20-4-5-22(33-24(20)26(31)40)17-10-32-38(11-17)27(2,3)15-30/h4-5,10-11,14,18-19,25H,6-9,12-13H2,1-3H3,(H2,31,40). The van der Waals surface area contributed by atoms with Crippen LogP contribution in [0.1, 0.15) is 62.3 Å². The molecule has 13 heteroatoms. The van der Waals surface area contributed by atoms with Crippen LogP contribution in [0.4, 0.5) is 8.78 Å². The largest absolute Gasteiger partial charge is 0.364 e. The summed E-state index contributed by atoms with van der Waals surface area (Å²) in [4.78, 5) is 32.5. The van der Waals surface area contributed by atoms with Crippen LogP contribution >= 0.6 is 0 Å². The van der Waals surface area contributed by atoms with E-state index in [-0.39, 0.29) is 28.8 Å². The summed E-state index contributed by atoms with van der Waals surface area (Å²) >= 11 is 0. The van der Waals surface area contributed by atoms with Crippen molar-refractivity contribution in [2.45, 2.75) is 57.7 Å². The van der Waals surface area contributed by atoms with E-state index >= 15 is 0 Å². The number of amides is 2. The van der Waals surface area contributed by atoms with Crippen molar-refractivity contribution in [2.75, 3.05) is 26.2 Å². The van der Waals surface area contributed by atoms with Crippen LogP contribution in [0.3, 0.4) is 0 Å². The van der Waals surface area contributed by atoms with Crippen molar-refractivity contribution in [3.63, 3.8) is 0 Å². The molecule has 0 bridgehead atoms. The molecule has 5 rings (SSSR count). The van der Waals surface area contributed by atoms with Crippen LogP contribution in [0.5, 0.6) is 0 Å². The molecule has 0 spiro atoms. The quantitative estimate of drug-likeness (QED) is 0.476. The number of hydrogen-bond donors (Lipinski definition) is 1.